The van der Waals surface area contributed by atoms with Crippen molar-refractivity contribution in [2.75, 3.05) is 5.32 Å². The van der Waals surface area contributed by atoms with E-state index in [1.54, 1.807) is 35.4 Å². The number of rotatable bonds is 5. The minimum absolute atomic E-state index is 0.209. The van der Waals surface area contributed by atoms with Gasteiger partial charge in [0.05, 0.1) is 6.20 Å². The zero-order valence-electron chi connectivity index (χ0n) is 13.0. The first kappa shape index (κ1) is 15.9. The van der Waals surface area contributed by atoms with Gasteiger partial charge >= 0.3 is 0 Å². The van der Waals surface area contributed by atoms with E-state index in [0.29, 0.717) is 5.69 Å². The third-order valence-corrected chi connectivity index (χ3v) is 3.88. The average Bonchev–Trinajstić information content (AvgIpc) is 3.00. The minimum atomic E-state index is -0.209. The summed E-state index contributed by atoms with van der Waals surface area (Å²) in [7, 11) is 1.83. The molecule has 0 aliphatic rings. The lowest BCUT2D eigenvalue weighted by Crippen LogP contribution is -2.07. The van der Waals surface area contributed by atoms with Gasteiger partial charge in [0.1, 0.15) is 10.1 Å². The summed E-state index contributed by atoms with van der Waals surface area (Å²) in [5, 5.41) is 8.48. The topological polar surface area (TPSA) is 72.7 Å². The van der Waals surface area contributed by atoms with Crippen molar-refractivity contribution in [3.63, 3.8) is 0 Å². The lowest BCUT2D eigenvalue weighted by atomic mass is 10.3. The molecule has 1 N–H and O–H groups in total. The fourth-order valence-corrected chi connectivity index (χ4v) is 2.71. The molecule has 0 fully saturated rings. The number of nitrogens with zero attached hydrogens (tertiary/aromatic N) is 4. The van der Waals surface area contributed by atoms with Crippen molar-refractivity contribution >= 4 is 29.4 Å². The first-order chi connectivity index (χ1) is 11.7. The molecule has 6 nitrogen and oxygen atoms in total. The summed E-state index contributed by atoms with van der Waals surface area (Å²) >= 11 is 1.44. The molecule has 1 amide bonds. The maximum atomic E-state index is 12.0. The van der Waals surface area contributed by atoms with Crippen LogP contribution in [0.25, 0.3) is 6.08 Å². The Kier molecular flexibility index (Phi) is 5.02. The van der Waals surface area contributed by atoms with Gasteiger partial charge in [-0.25, -0.2) is 9.97 Å². The van der Waals surface area contributed by atoms with Crippen LogP contribution in [0.15, 0.2) is 71.2 Å². The van der Waals surface area contributed by atoms with Gasteiger partial charge in [-0.15, -0.1) is 0 Å². The van der Waals surface area contributed by atoms with Crippen LogP contribution in [0.2, 0.25) is 0 Å². The Labute approximate surface area is 143 Å². The Balaban J connectivity index is 1.63. The maximum Gasteiger partial charge on any atom is 0.248 e. The average molecular weight is 337 g/mol. The molecule has 3 heterocycles. The standard InChI is InChI=1S/C17H15N5OS/c1-22-12-13(11-20-22)5-6-15(23)21-14-7-9-19-17(10-14)24-16-4-2-3-8-18-16/h2-12H,1H3,(H,19,21,23). The van der Waals surface area contributed by atoms with Gasteiger partial charge in [-0.1, -0.05) is 17.8 Å². The number of hydrogen-bond donors (Lipinski definition) is 1. The van der Waals surface area contributed by atoms with Crippen LogP contribution in [0.4, 0.5) is 5.69 Å². The molecular formula is C17H15N5OS. The van der Waals surface area contributed by atoms with Gasteiger partial charge in [0, 0.05) is 43.0 Å². The van der Waals surface area contributed by atoms with Crippen LogP contribution in [0.1, 0.15) is 5.56 Å². The Morgan fingerprint density at radius 3 is 2.83 bits per heavy atom. The predicted octanol–water partition coefficient (Wildman–Crippen LogP) is 3.01. The molecular weight excluding hydrogens is 322 g/mol. The van der Waals surface area contributed by atoms with Crippen LogP contribution in [-0.4, -0.2) is 25.7 Å². The monoisotopic (exact) mass is 337 g/mol. The smallest absolute Gasteiger partial charge is 0.248 e. The molecule has 0 aromatic carbocycles. The van der Waals surface area contributed by atoms with Crippen LogP contribution >= 0.6 is 11.8 Å². The number of carbonyl (C=O) groups excluding carboxylic acids is 1. The SMILES string of the molecule is Cn1cc(C=CC(=O)Nc2ccnc(Sc3ccccn3)c2)cn1. The maximum absolute atomic E-state index is 12.0. The Morgan fingerprint density at radius 1 is 1.21 bits per heavy atom. The van der Waals surface area contributed by atoms with Gasteiger partial charge < -0.3 is 5.32 Å². The Hall–Kier alpha value is -2.93. The van der Waals surface area contributed by atoms with Crippen molar-refractivity contribution in [1.82, 2.24) is 19.7 Å². The van der Waals surface area contributed by atoms with E-state index < -0.39 is 0 Å². The number of pyridine rings is 2. The van der Waals surface area contributed by atoms with E-state index in [-0.39, 0.29) is 5.91 Å². The first-order valence-corrected chi connectivity index (χ1v) is 8.03. The molecule has 7 heteroatoms. The summed E-state index contributed by atoms with van der Waals surface area (Å²) in [5.74, 6) is -0.209. The molecule has 0 saturated heterocycles. The summed E-state index contributed by atoms with van der Waals surface area (Å²) in [6, 6.07) is 9.26. The lowest BCUT2D eigenvalue weighted by Gasteiger charge is -2.04. The van der Waals surface area contributed by atoms with E-state index in [1.165, 1.54) is 17.8 Å². The molecule has 0 bridgehead atoms. The highest BCUT2D eigenvalue weighted by Gasteiger charge is 2.03. The number of aromatic nitrogens is 4. The summed E-state index contributed by atoms with van der Waals surface area (Å²) in [6.07, 6.45) is 10.1. The number of aryl methyl sites for hydroxylation is 1. The largest absolute Gasteiger partial charge is 0.322 e. The van der Waals surface area contributed by atoms with E-state index in [0.717, 1.165) is 15.6 Å². The molecule has 3 rings (SSSR count). The normalized spacial score (nSPS) is 10.9. The number of carbonyl (C=O) groups is 1. The van der Waals surface area contributed by atoms with Gasteiger partial charge in [-0.05, 0) is 30.3 Å². The third kappa shape index (κ3) is 4.53. The van der Waals surface area contributed by atoms with Crippen LogP contribution in [0.5, 0.6) is 0 Å². The van der Waals surface area contributed by atoms with Crippen molar-refractivity contribution in [3.8, 4) is 0 Å². The highest BCUT2D eigenvalue weighted by atomic mass is 32.2. The second kappa shape index (κ2) is 7.56. The molecule has 0 aliphatic carbocycles. The Bertz CT molecular complexity index is 860. The number of anilines is 1. The zero-order chi connectivity index (χ0) is 16.8. The lowest BCUT2D eigenvalue weighted by molar-refractivity contribution is -0.111. The van der Waals surface area contributed by atoms with Crippen LogP contribution in [0.3, 0.4) is 0 Å². The minimum Gasteiger partial charge on any atom is -0.322 e. The molecule has 0 radical (unpaired) electrons. The van der Waals surface area contributed by atoms with Crippen molar-refractivity contribution in [2.24, 2.45) is 7.05 Å². The summed E-state index contributed by atoms with van der Waals surface area (Å²) in [5.41, 5.74) is 1.55. The molecule has 3 aromatic heterocycles. The number of hydrogen-bond acceptors (Lipinski definition) is 5. The van der Waals surface area contributed by atoms with Crippen molar-refractivity contribution < 1.29 is 4.79 Å². The molecule has 3 aromatic rings. The quantitative estimate of drug-likeness (QED) is 0.725. The highest BCUT2D eigenvalue weighted by Crippen LogP contribution is 2.25. The van der Waals surface area contributed by atoms with Gasteiger partial charge in [0.25, 0.3) is 0 Å². The predicted molar refractivity (Wildman–Crippen MR) is 93.5 cm³/mol. The van der Waals surface area contributed by atoms with Crippen molar-refractivity contribution in [2.45, 2.75) is 10.1 Å². The van der Waals surface area contributed by atoms with Crippen LogP contribution in [0, 0.1) is 0 Å². The second-order valence-electron chi connectivity index (χ2n) is 4.92. The van der Waals surface area contributed by atoms with Gasteiger partial charge in [0.2, 0.25) is 5.91 Å². The molecule has 0 unspecified atom stereocenters. The summed E-state index contributed by atoms with van der Waals surface area (Å²) < 4.78 is 1.68. The number of nitrogens with one attached hydrogen (secondary N) is 1. The van der Waals surface area contributed by atoms with Crippen LogP contribution < -0.4 is 5.32 Å². The van der Waals surface area contributed by atoms with Crippen molar-refractivity contribution in [1.29, 1.82) is 0 Å². The molecule has 0 atom stereocenters. The molecule has 120 valence electrons. The summed E-state index contributed by atoms with van der Waals surface area (Å²) in [6.45, 7) is 0. The van der Waals surface area contributed by atoms with Gasteiger partial charge in [0.15, 0.2) is 0 Å². The molecule has 0 saturated carbocycles. The molecule has 24 heavy (non-hydrogen) atoms. The van der Waals surface area contributed by atoms with Gasteiger partial charge in [-0.3, -0.25) is 9.48 Å². The van der Waals surface area contributed by atoms with Crippen LogP contribution in [-0.2, 0) is 11.8 Å². The van der Waals surface area contributed by atoms with E-state index in [4.69, 9.17) is 0 Å². The van der Waals surface area contributed by atoms with Crippen molar-refractivity contribution in [3.05, 3.63) is 66.8 Å². The first-order valence-electron chi connectivity index (χ1n) is 7.22. The fourth-order valence-electron chi connectivity index (χ4n) is 1.94. The highest BCUT2D eigenvalue weighted by molar-refractivity contribution is 7.99. The summed E-state index contributed by atoms with van der Waals surface area (Å²) in [4.78, 5) is 20.5. The second-order valence-corrected chi connectivity index (χ2v) is 5.96. The van der Waals surface area contributed by atoms with E-state index >= 15 is 0 Å². The fraction of sp³-hybridized carbons (Fsp3) is 0.0588. The zero-order valence-corrected chi connectivity index (χ0v) is 13.8. The van der Waals surface area contributed by atoms with E-state index in [2.05, 4.69) is 20.4 Å². The van der Waals surface area contributed by atoms with E-state index in [1.807, 2.05) is 37.5 Å². The Morgan fingerprint density at radius 2 is 2.08 bits per heavy atom. The molecule has 0 spiro atoms. The third-order valence-electron chi connectivity index (χ3n) is 3.00. The molecule has 0 aliphatic heterocycles. The van der Waals surface area contributed by atoms with E-state index in [9.17, 15) is 4.79 Å². The van der Waals surface area contributed by atoms with Gasteiger partial charge in [-0.2, -0.15) is 5.10 Å². The number of amides is 1.